The first kappa shape index (κ1) is 19.1. The molecule has 4 aromatic rings. The van der Waals surface area contributed by atoms with Gasteiger partial charge in [0.25, 0.3) is 5.91 Å². The molecule has 2 heterocycles. The highest BCUT2D eigenvalue weighted by atomic mass is 16.2. The highest BCUT2D eigenvalue weighted by molar-refractivity contribution is 5.95. The SMILES string of the molecule is O=C(NCCn1c(=O)c(=O)[nH]c2ccccc21)c1cccc(Nc2ncccn2)c1. The number of carbonyl (C=O) groups excluding carboxylic acids is 1. The molecule has 0 spiro atoms. The van der Waals surface area contributed by atoms with E-state index in [0.717, 1.165) is 0 Å². The van der Waals surface area contributed by atoms with Crippen LogP contribution in [0, 0.1) is 0 Å². The number of H-pyrrole nitrogens is 1. The van der Waals surface area contributed by atoms with E-state index in [1.807, 2.05) is 0 Å². The average Bonchev–Trinajstić information content (AvgIpc) is 2.77. The van der Waals surface area contributed by atoms with Gasteiger partial charge in [-0.25, -0.2) is 9.97 Å². The molecule has 1 amide bonds. The molecular formula is C21H18N6O3. The first-order valence-electron chi connectivity index (χ1n) is 9.26. The van der Waals surface area contributed by atoms with E-state index in [4.69, 9.17) is 0 Å². The second-order valence-corrected chi connectivity index (χ2v) is 6.46. The van der Waals surface area contributed by atoms with Crippen molar-refractivity contribution in [2.45, 2.75) is 6.54 Å². The Hall–Kier alpha value is -4.27. The lowest BCUT2D eigenvalue weighted by atomic mass is 10.2. The van der Waals surface area contributed by atoms with Crippen molar-refractivity contribution in [1.82, 2.24) is 24.8 Å². The fraction of sp³-hybridized carbons (Fsp3) is 0.0952. The number of nitrogens with zero attached hydrogens (tertiary/aromatic N) is 3. The maximum Gasteiger partial charge on any atom is 0.316 e. The summed E-state index contributed by atoms with van der Waals surface area (Å²) in [5, 5.41) is 5.81. The lowest BCUT2D eigenvalue weighted by Crippen LogP contribution is -2.39. The Kier molecular flexibility index (Phi) is 5.33. The van der Waals surface area contributed by atoms with E-state index in [1.54, 1.807) is 67.0 Å². The summed E-state index contributed by atoms with van der Waals surface area (Å²) in [6.45, 7) is 0.358. The van der Waals surface area contributed by atoms with Crippen molar-refractivity contribution < 1.29 is 4.79 Å². The lowest BCUT2D eigenvalue weighted by Gasteiger charge is -2.11. The predicted molar refractivity (Wildman–Crippen MR) is 113 cm³/mol. The molecule has 0 aliphatic carbocycles. The number of carbonyl (C=O) groups is 1. The molecule has 0 fully saturated rings. The van der Waals surface area contributed by atoms with Gasteiger partial charge < -0.3 is 20.2 Å². The topological polar surface area (TPSA) is 122 Å². The van der Waals surface area contributed by atoms with Crippen molar-refractivity contribution in [1.29, 1.82) is 0 Å². The van der Waals surface area contributed by atoms with Gasteiger partial charge in [-0.2, -0.15) is 0 Å². The van der Waals surface area contributed by atoms with Crippen LogP contribution in [-0.4, -0.2) is 32.0 Å². The van der Waals surface area contributed by atoms with Crippen molar-refractivity contribution in [3.63, 3.8) is 0 Å². The third kappa shape index (κ3) is 4.09. The molecule has 0 radical (unpaired) electrons. The van der Waals surface area contributed by atoms with Crippen molar-refractivity contribution >= 4 is 28.6 Å². The van der Waals surface area contributed by atoms with E-state index in [-0.39, 0.29) is 19.0 Å². The van der Waals surface area contributed by atoms with Gasteiger partial charge in [0.2, 0.25) is 5.95 Å². The molecular weight excluding hydrogens is 384 g/mol. The monoisotopic (exact) mass is 402 g/mol. The number of benzene rings is 2. The number of amides is 1. The van der Waals surface area contributed by atoms with Gasteiger partial charge in [0.1, 0.15) is 0 Å². The van der Waals surface area contributed by atoms with E-state index in [0.29, 0.717) is 28.2 Å². The zero-order valence-corrected chi connectivity index (χ0v) is 15.8. The highest BCUT2D eigenvalue weighted by Crippen LogP contribution is 2.14. The summed E-state index contributed by atoms with van der Waals surface area (Å²) in [6, 6.07) is 15.6. The Balaban J connectivity index is 1.46. The van der Waals surface area contributed by atoms with Crippen LogP contribution in [0.25, 0.3) is 11.0 Å². The van der Waals surface area contributed by atoms with E-state index in [9.17, 15) is 14.4 Å². The summed E-state index contributed by atoms with van der Waals surface area (Å²) in [5.41, 5.74) is 0.935. The van der Waals surface area contributed by atoms with Crippen LogP contribution in [0.15, 0.2) is 76.6 Å². The van der Waals surface area contributed by atoms with Gasteiger partial charge in [0.15, 0.2) is 0 Å². The fourth-order valence-corrected chi connectivity index (χ4v) is 3.06. The molecule has 0 unspecified atom stereocenters. The van der Waals surface area contributed by atoms with Gasteiger partial charge in [-0.05, 0) is 36.4 Å². The van der Waals surface area contributed by atoms with Gasteiger partial charge in [-0.1, -0.05) is 18.2 Å². The van der Waals surface area contributed by atoms with Crippen LogP contribution >= 0.6 is 0 Å². The zero-order valence-electron chi connectivity index (χ0n) is 15.8. The molecule has 0 bridgehead atoms. The predicted octanol–water partition coefficient (Wildman–Crippen LogP) is 1.65. The van der Waals surface area contributed by atoms with E-state index >= 15 is 0 Å². The number of fused-ring (bicyclic) bond motifs is 1. The summed E-state index contributed by atoms with van der Waals surface area (Å²) < 4.78 is 1.36. The molecule has 2 aromatic carbocycles. The van der Waals surface area contributed by atoms with Gasteiger partial charge >= 0.3 is 11.1 Å². The molecule has 4 rings (SSSR count). The normalized spacial score (nSPS) is 10.7. The molecule has 150 valence electrons. The molecule has 3 N–H and O–H groups in total. The smallest absolute Gasteiger partial charge is 0.316 e. The summed E-state index contributed by atoms with van der Waals surface area (Å²) in [5.74, 6) is 0.130. The first-order chi connectivity index (χ1) is 14.6. The number of anilines is 2. The number of para-hydroxylation sites is 2. The van der Waals surface area contributed by atoms with E-state index in [2.05, 4.69) is 25.6 Å². The summed E-state index contributed by atoms with van der Waals surface area (Å²) in [4.78, 5) is 47.4. The van der Waals surface area contributed by atoms with Gasteiger partial charge in [0.05, 0.1) is 11.0 Å². The largest absolute Gasteiger partial charge is 0.350 e. The van der Waals surface area contributed by atoms with Gasteiger partial charge in [-0.3, -0.25) is 14.4 Å². The van der Waals surface area contributed by atoms with Crippen LogP contribution in [0.5, 0.6) is 0 Å². The average molecular weight is 402 g/mol. The molecule has 0 aliphatic rings. The molecule has 0 saturated carbocycles. The minimum atomic E-state index is -0.693. The van der Waals surface area contributed by atoms with Crippen molar-refractivity contribution in [2.75, 3.05) is 11.9 Å². The van der Waals surface area contributed by atoms with E-state index in [1.165, 1.54) is 4.57 Å². The molecule has 2 aromatic heterocycles. The number of aromatic nitrogens is 4. The maximum atomic E-state index is 12.5. The first-order valence-corrected chi connectivity index (χ1v) is 9.26. The second-order valence-electron chi connectivity index (χ2n) is 6.46. The number of hydrogen-bond acceptors (Lipinski definition) is 6. The summed E-state index contributed by atoms with van der Waals surface area (Å²) >= 11 is 0. The second kappa shape index (κ2) is 8.39. The molecule has 9 nitrogen and oxygen atoms in total. The van der Waals surface area contributed by atoms with Crippen molar-refractivity contribution in [2.24, 2.45) is 0 Å². The number of aromatic amines is 1. The van der Waals surface area contributed by atoms with Gasteiger partial charge in [-0.15, -0.1) is 0 Å². The van der Waals surface area contributed by atoms with Crippen LogP contribution in [0.1, 0.15) is 10.4 Å². The number of nitrogens with one attached hydrogen (secondary N) is 3. The van der Waals surface area contributed by atoms with E-state index < -0.39 is 11.1 Å². The Morgan fingerprint density at radius 3 is 2.63 bits per heavy atom. The minimum absolute atomic E-state index is 0.171. The van der Waals surface area contributed by atoms with Crippen molar-refractivity contribution in [3.8, 4) is 0 Å². The molecule has 0 atom stereocenters. The quantitative estimate of drug-likeness (QED) is 0.422. The van der Waals surface area contributed by atoms with Crippen LogP contribution in [0.4, 0.5) is 11.6 Å². The van der Waals surface area contributed by atoms with Gasteiger partial charge in [0, 0.05) is 36.7 Å². The Morgan fingerprint density at radius 2 is 1.80 bits per heavy atom. The maximum absolute atomic E-state index is 12.5. The van der Waals surface area contributed by atoms with Crippen LogP contribution in [0.2, 0.25) is 0 Å². The third-order valence-corrected chi connectivity index (χ3v) is 4.45. The Labute approximate surface area is 170 Å². The Morgan fingerprint density at radius 1 is 1.00 bits per heavy atom. The van der Waals surface area contributed by atoms with Crippen LogP contribution in [-0.2, 0) is 6.54 Å². The third-order valence-electron chi connectivity index (χ3n) is 4.45. The zero-order chi connectivity index (χ0) is 20.9. The Bertz CT molecular complexity index is 1310. The van der Waals surface area contributed by atoms with Crippen LogP contribution < -0.4 is 21.8 Å². The molecule has 0 aliphatic heterocycles. The molecule has 0 saturated heterocycles. The number of rotatable bonds is 6. The lowest BCUT2D eigenvalue weighted by molar-refractivity contribution is 0.0952. The van der Waals surface area contributed by atoms with Crippen molar-refractivity contribution in [3.05, 3.63) is 93.3 Å². The van der Waals surface area contributed by atoms with Crippen LogP contribution in [0.3, 0.4) is 0 Å². The summed E-state index contributed by atoms with van der Waals surface area (Å²) in [7, 11) is 0. The molecule has 9 heteroatoms. The standard InChI is InChI=1S/C21H18N6O3/c28-18(14-5-3-6-15(13-14)25-21-23-9-4-10-24-21)22-11-12-27-17-8-2-1-7-16(17)26-19(29)20(27)30/h1-10,13H,11-12H2,(H,22,28)(H,26,29)(H,23,24,25). The summed E-state index contributed by atoms with van der Waals surface area (Å²) in [6.07, 6.45) is 3.23. The minimum Gasteiger partial charge on any atom is -0.350 e. The highest BCUT2D eigenvalue weighted by Gasteiger charge is 2.09. The fourth-order valence-electron chi connectivity index (χ4n) is 3.06. The number of hydrogen-bond donors (Lipinski definition) is 3. The molecule has 30 heavy (non-hydrogen) atoms.